The number of para-hydroxylation sites is 1. The highest BCUT2D eigenvalue weighted by molar-refractivity contribution is 9.10. The molecule has 0 amide bonds. The van der Waals surface area contributed by atoms with E-state index < -0.39 is 0 Å². The second-order valence-electron chi connectivity index (χ2n) is 7.21. The van der Waals surface area contributed by atoms with Gasteiger partial charge in [-0.25, -0.2) is 4.39 Å². The number of hydrogen-bond donors (Lipinski definition) is 0. The summed E-state index contributed by atoms with van der Waals surface area (Å²) in [7, 11) is 2.02. The molecule has 1 atom stereocenters. The fraction of sp³-hybridized carbons (Fsp3) is 0.174. The summed E-state index contributed by atoms with van der Waals surface area (Å²) >= 11 is 3.28. The van der Waals surface area contributed by atoms with Crippen LogP contribution in [0.4, 0.5) is 4.39 Å². The van der Waals surface area contributed by atoms with Crippen LogP contribution >= 0.6 is 15.9 Å². The van der Waals surface area contributed by atoms with Crippen molar-refractivity contribution in [2.75, 3.05) is 7.05 Å². The Balaban J connectivity index is 1.76. The van der Waals surface area contributed by atoms with Crippen molar-refractivity contribution in [3.63, 3.8) is 0 Å². The predicted molar refractivity (Wildman–Crippen MR) is 118 cm³/mol. The van der Waals surface area contributed by atoms with Crippen LogP contribution in [-0.4, -0.2) is 32.2 Å². The summed E-state index contributed by atoms with van der Waals surface area (Å²) in [6.45, 7) is 2.64. The van der Waals surface area contributed by atoms with Gasteiger partial charge in [-0.1, -0.05) is 54.6 Å². The van der Waals surface area contributed by atoms with Gasteiger partial charge in [0, 0.05) is 6.54 Å². The van der Waals surface area contributed by atoms with Gasteiger partial charge in [0.2, 0.25) is 0 Å². The van der Waals surface area contributed by atoms with Gasteiger partial charge >= 0.3 is 0 Å². The molecule has 1 heterocycles. The Bertz CT molecular complexity index is 1150. The molecule has 0 spiro atoms. The summed E-state index contributed by atoms with van der Waals surface area (Å²) < 4.78 is 15.9. The summed E-state index contributed by atoms with van der Waals surface area (Å²) in [6.07, 6.45) is 0. The van der Waals surface area contributed by atoms with E-state index in [9.17, 15) is 4.39 Å². The molecular weight excluding hydrogens is 445 g/mol. The van der Waals surface area contributed by atoms with Crippen LogP contribution in [0.25, 0.3) is 5.69 Å². The Morgan fingerprint density at radius 3 is 2.50 bits per heavy atom. The van der Waals surface area contributed by atoms with E-state index >= 15 is 0 Å². The molecular formula is C23H21BrFN5. The molecule has 0 aliphatic rings. The average Bonchev–Trinajstić information content (AvgIpc) is 3.21. The molecule has 3 aromatic carbocycles. The van der Waals surface area contributed by atoms with Crippen molar-refractivity contribution in [3.8, 4) is 5.69 Å². The Labute approximate surface area is 183 Å². The van der Waals surface area contributed by atoms with Crippen LogP contribution < -0.4 is 0 Å². The highest BCUT2D eigenvalue weighted by Gasteiger charge is 2.26. The average molecular weight is 466 g/mol. The molecule has 4 rings (SSSR count). The van der Waals surface area contributed by atoms with Crippen LogP contribution in [0.15, 0.2) is 77.3 Å². The first-order chi connectivity index (χ1) is 14.5. The van der Waals surface area contributed by atoms with E-state index in [0.29, 0.717) is 11.0 Å². The molecule has 30 heavy (non-hydrogen) atoms. The maximum atomic E-state index is 13.7. The fourth-order valence-electron chi connectivity index (χ4n) is 3.59. The minimum atomic E-state index is -0.274. The van der Waals surface area contributed by atoms with Gasteiger partial charge in [-0.15, -0.1) is 5.10 Å². The summed E-state index contributed by atoms with van der Waals surface area (Å²) in [5.41, 5.74) is 4.09. The second-order valence-corrected chi connectivity index (χ2v) is 8.07. The number of aromatic nitrogens is 4. The maximum absolute atomic E-state index is 13.7. The normalized spacial score (nSPS) is 12.3. The Kier molecular flexibility index (Phi) is 6.01. The lowest BCUT2D eigenvalue weighted by Gasteiger charge is -2.28. The molecule has 1 aromatic heterocycles. The van der Waals surface area contributed by atoms with E-state index in [0.717, 1.165) is 28.2 Å². The van der Waals surface area contributed by atoms with E-state index in [1.807, 2.05) is 56.4 Å². The van der Waals surface area contributed by atoms with Crippen LogP contribution in [-0.2, 0) is 6.54 Å². The molecule has 5 nitrogen and oxygen atoms in total. The van der Waals surface area contributed by atoms with E-state index in [2.05, 4.69) is 48.5 Å². The minimum absolute atomic E-state index is 0.190. The number of nitrogens with zero attached hydrogens (tertiary/aromatic N) is 5. The summed E-state index contributed by atoms with van der Waals surface area (Å²) in [4.78, 5) is 2.16. The fourth-order valence-corrected chi connectivity index (χ4v) is 4.02. The van der Waals surface area contributed by atoms with E-state index in [4.69, 9.17) is 0 Å². The molecule has 0 fully saturated rings. The van der Waals surface area contributed by atoms with Gasteiger partial charge < -0.3 is 0 Å². The molecule has 152 valence electrons. The van der Waals surface area contributed by atoms with Gasteiger partial charge in [0.15, 0.2) is 5.82 Å². The third-order valence-electron chi connectivity index (χ3n) is 5.05. The zero-order valence-electron chi connectivity index (χ0n) is 16.7. The molecule has 0 N–H and O–H groups in total. The number of benzene rings is 3. The van der Waals surface area contributed by atoms with Gasteiger partial charge in [-0.05, 0) is 75.2 Å². The standard InChI is InChI=1S/C23H21BrFN5/c1-16-8-6-7-11-21(16)30-23(26-27-28-30)22(18-9-4-3-5-10-18)29(2)15-17-12-13-20(25)19(24)14-17/h3-14,22H,15H2,1-2H3/t22-/m0/s1. The first-order valence-corrected chi connectivity index (χ1v) is 10.4. The van der Waals surface area contributed by atoms with Crippen molar-refractivity contribution < 1.29 is 4.39 Å². The zero-order chi connectivity index (χ0) is 21.1. The molecule has 0 aliphatic carbocycles. The number of rotatable bonds is 6. The van der Waals surface area contributed by atoms with E-state index in [-0.39, 0.29) is 11.9 Å². The summed E-state index contributed by atoms with van der Waals surface area (Å²) in [5.74, 6) is 0.448. The summed E-state index contributed by atoms with van der Waals surface area (Å²) in [6, 6.07) is 23.0. The summed E-state index contributed by atoms with van der Waals surface area (Å²) in [5, 5.41) is 12.7. The number of tetrazole rings is 1. The van der Waals surface area contributed by atoms with Crippen LogP contribution in [0.1, 0.15) is 28.6 Å². The molecule has 0 saturated carbocycles. The lowest BCUT2D eigenvalue weighted by Crippen LogP contribution is -2.28. The van der Waals surface area contributed by atoms with Gasteiger partial charge in [-0.3, -0.25) is 4.90 Å². The maximum Gasteiger partial charge on any atom is 0.178 e. The van der Waals surface area contributed by atoms with Crippen molar-refractivity contribution in [1.82, 2.24) is 25.1 Å². The van der Waals surface area contributed by atoms with Gasteiger partial charge in [0.05, 0.1) is 16.2 Å². The van der Waals surface area contributed by atoms with E-state index in [1.165, 1.54) is 6.07 Å². The Morgan fingerprint density at radius 2 is 1.77 bits per heavy atom. The quantitative estimate of drug-likeness (QED) is 0.397. The predicted octanol–water partition coefficient (Wildman–Crippen LogP) is 5.09. The minimum Gasteiger partial charge on any atom is -0.288 e. The van der Waals surface area contributed by atoms with Crippen LogP contribution in [0.3, 0.4) is 0 Å². The third-order valence-corrected chi connectivity index (χ3v) is 5.66. The van der Waals surface area contributed by atoms with Crippen molar-refractivity contribution in [2.24, 2.45) is 0 Å². The number of aryl methyl sites for hydroxylation is 1. The topological polar surface area (TPSA) is 46.8 Å². The lowest BCUT2D eigenvalue weighted by molar-refractivity contribution is 0.258. The van der Waals surface area contributed by atoms with Crippen LogP contribution in [0.5, 0.6) is 0 Å². The smallest absolute Gasteiger partial charge is 0.178 e. The number of halogens is 2. The highest BCUT2D eigenvalue weighted by atomic mass is 79.9. The van der Waals surface area contributed by atoms with Gasteiger partial charge in [0.25, 0.3) is 0 Å². The molecule has 0 saturated heterocycles. The molecule has 0 aliphatic heterocycles. The second kappa shape index (κ2) is 8.85. The van der Waals surface area contributed by atoms with Crippen molar-refractivity contribution in [1.29, 1.82) is 0 Å². The molecule has 0 radical (unpaired) electrons. The van der Waals surface area contributed by atoms with Crippen molar-refractivity contribution in [2.45, 2.75) is 19.5 Å². The molecule has 4 aromatic rings. The first-order valence-electron chi connectivity index (χ1n) is 9.58. The van der Waals surface area contributed by atoms with Crippen LogP contribution in [0.2, 0.25) is 0 Å². The monoisotopic (exact) mass is 465 g/mol. The first kappa shape index (κ1) is 20.4. The zero-order valence-corrected chi connectivity index (χ0v) is 18.3. The molecule has 0 bridgehead atoms. The van der Waals surface area contributed by atoms with Crippen molar-refractivity contribution >= 4 is 15.9 Å². The number of hydrogen-bond acceptors (Lipinski definition) is 4. The Morgan fingerprint density at radius 1 is 1.03 bits per heavy atom. The molecule has 0 unspecified atom stereocenters. The third kappa shape index (κ3) is 4.17. The van der Waals surface area contributed by atoms with Gasteiger partial charge in [0.1, 0.15) is 5.82 Å². The Hall–Kier alpha value is -2.90. The highest BCUT2D eigenvalue weighted by Crippen LogP contribution is 2.29. The lowest BCUT2D eigenvalue weighted by atomic mass is 10.0. The van der Waals surface area contributed by atoms with Gasteiger partial charge in [-0.2, -0.15) is 4.68 Å². The largest absolute Gasteiger partial charge is 0.288 e. The SMILES string of the molecule is Cc1ccccc1-n1nnnc1[C@H](c1ccccc1)N(C)Cc1ccc(F)c(Br)c1. The van der Waals surface area contributed by atoms with Crippen molar-refractivity contribution in [3.05, 3.63) is 106 Å². The van der Waals surface area contributed by atoms with Crippen LogP contribution in [0, 0.1) is 12.7 Å². The van der Waals surface area contributed by atoms with E-state index in [1.54, 1.807) is 16.8 Å². The molecule has 7 heteroatoms.